The lowest BCUT2D eigenvalue weighted by molar-refractivity contribution is 0.0468. The maximum Gasteiger partial charge on any atom is 0.407 e. The first-order valence-corrected chi connectivity index (χ1v) is 8.88. The van der Waals surface area contributed by atoms with Gasteiger partial charge >= 0.3 is 12.2 Å². The fourth-order valence-electron chi connectivity index (χ4n) is 2.18. The van der Waals surface area contributed by atoms with E-state index in [1.165, 1.54) is 0 Å². The predicted molar refractivity (Wildman–Crippen MR) is 99.0 cm³/mol. The Kier molecular flexibility index (Phi) is 9.56. The molecule has 0 heterocycles. The van der Waals surface area contributed by atoms with Crippen LogP contribution in [0.4, 0.5) is 14.0 Å². The maximum atomic E-state index is 14.0. The molecule has 0 saturated carbocycles. The minimum absolute atomic E-state index is 0.0347. The molecule has 27 heavy (non-hydrogen) atoms. The van der Waals surface area contributed by atoms with E-state index in [0.29, 0.717) is 0 Å². The second-order valence-electron chi connectivity index (χ2n) is 7.14. The SMILES string of the molecule is CC(C)(C)OC(=O)N[C@H](CO)C[C@H](F)CCNC(=O)OCc1ccccc1. The third-order valence-corrected chi connectivity index (χ3v) is 3.42. The standard InChI is InChI=1S/C19H29FN2O5/c1-19(2,3)27-18(25)22-16(12-23)11-15(20)9-10-21-17(24)26-13-14-7-5-4-6-8-14/h4-8,15-16,23H,9-13H2,1-3H3,(H,21,24)(H,22,25)/t15-,16+/m1/s1. The lowest BCUT2D eigenvalue weighted by atomic mass is 10.1. The number of alkyl carbamates (subject to hydrolysis) is 2. The molecule has 1 aromatic carbocycles. The van der Waals surface area contributed by atoms with E-state index in [4.69, 9.17) is 9.47 Å². The van der Waals surface area contributed by atoms with Gasteiger partial charge in [-0.3, -0.25) is 0 Å². The van der Waals surface area contributed by atoms with Crippen LogP contribution in [0.2, 0.25) is 0 Å². The van der Waals surface area contributed by atoms with Gasteiger partial charge in [0.25, 0.3) is 0 Å². The summed E-state index contributed by atoms with van der Waals surface area (Å²) in [5.41, 5.74) is 0.179. The summed E-state index contributed by atoms with van der Waals surface area (Å²) in [4.78, 5) is 23.2. The fraction of sp³-hybridized carbons (Fsp3) is 0.579. The highest BCUT2D eigenvalue weighted by Crippen LogP contribution is 2.10. The van der Waals surface area contributed by atoms with Gasteiger partial charge in [-0.1, -0.05) is 30.3 Å². The van der Waals surface area contributed by atoms with Crippen molar-refractivity contribution in [3.05, 3.63) is 35.9 Å². The zero-order valence-electron chi connectivity index (χ0n) is 16.0. The summed E-state index contributed by atoms with van der Waals surface area (Å²) in [5.74, 6) is 0. The molecule has 0 aliphatic rings. The number of benzene rings is 1. The molecule has 3 N–H and O–H groups in total. The topological polar surface area (TPSA) is 96.9 Å². The summed E-state index contributed by atoms with van der Waals surface area (Å²) >= 11 is 0. The number of halogens is 1. The van der Waals surface area contributed by atoms with Crippen molar-refractivity contribution in [2.24, 2.45) is 0 Å². The summed E-state index contributed by atoms with van der Waals surface area (Å²) in [6.07, 6.45) is -2.71. The molecular formula is C19H29FN2O5. The van der Waals surface area contributed by atoms with Gasteiger partial charge < -0.3 is 25.2 Å². The molecule has 2 amide bonds. The molecule has 1 aromatic rings. The highest BCUT2D eigenvalue weighted by molar-refractivity contribution is 5.68. The number of alkyl halides is 1. The number of amides is 2. The lowest BCUT2D eigenvalue weighted by Gasteiger charge is -2.23. The molecule has 0 radical (unpaired) electrons. The quantitative estimate of drug-likeness (QED) is 0.608. The number of rotatable bonds is 9. The average Bonchev–Trinajstić information content (AvgIpc) is 2.58. The first kappa shape index (κ1) is 22.7. The van der Waals surface area contributed by atoms with Crippen molar-refractivity contribution in [3.63, 3.8) is 0 Å². The molecule has 0 unspecified atom stereocenters. The summed E-state index contributed by atoms with van der Waals surface area (Å²) in [7, 11) is 0. The van der Waals surface area contributed by atoms with Gasteiger partial charge in [0, 0.05) is 13.0 Å². The van der Waals surface area contributed by atoms with E-state index in [-0.39, 0.29) is 26.0 Å². The Hall–Kier alpha value is -2.35. The second-order valence-corrected chi connectivity index (χ2v) is 7.14. The van der Waals surface area contributed by atoms with Crippen LogP contribution in [-0.4, -0.2) is 48.3 Å². The fourth-order valence-corrected chi connectivity index (χ4v) is 2.18. The molecule has 7 nitrogen and oxygen atoms in total. The Bertz CT molecular complexity index is 577. The van der Waals surface area contributed by atoms with Crippen LogP contribution in [0, 0.1) is 0 Å². The van der Waals surface area contributed by atoms with E-state index in [2.05, 4.69) is 10.6 Å². The molecule has 0 fully saturated rings. The van der Waals surface area contributed by atoms with Crippen LogP contribution in [0.1, 0.15) is 39.2 Å². The largest absolute Gasteiger partial charge is 0.445 e. The minimum atomic E-state index is -1.31. The summed E-state index contributed by atoms with van der Waals surface area (Å²) < 4.78 is 24.1. The molecule has 2 atom stereocenters. The molecule has 0 aliphatic carbocycles. The Morgan fingerprint density at radius 3 is 2.44 bits per heavy atom. The summed E-state index contributed by atoms with van der Waals surface area (Å²) in [6.45, 7) is 4.94. The van der Waals surface area contributed by atoms with Gasteiger partial charge in [0.1, 0.15) is 18.4 Å². The summed E-state index contributed by atoms with van der Waals surface area (Å²) in [6, 6.07) is 8.44. The Balaban J connectivity index is 2.23. The van der Waals surface area contributed by atoms with Crippen molar-refractivity contribution in [2.45, 2.75) is 58.0 Å². The summed E-state index contributed by atoms with van der Waals surface area (Å²) in [5, 5.41) is 14.2. The van der Waals surface area contributed by atoms with Crippen molar-refractivity contribution >= 4 is 12.2 Å². The minimum Gasteiger partial charge on any atom is -0.445 e. The van der Waals surface area contributed by atoms with Crippen LogP contribution in [0.25, 0.3) is 0 Å². The zero-order chi connectivity index (χ0) is 20.3. The van der Waals surface area contributed by atoms with Gasteiger partial charge in [-0.05, 0) is 32.8 Å². The Morgan fingerprint density at radius 1 is 1.19 bits per heavy atom. The molecular weight excluding hydrogens is 355 g/mol. The predicted octanol–water partition coefficient (Wildman–Crippen LogP) is 2.92. The molecule has 0 bridgehead atoms. The molecule has 8 heteroatoms. The molecule has 152 valence electrons. The number of aliphatic hydroxyl groups is 1. The van der Waals surface area contributed by atoms with E-state index in [1.807, 2.05) is 30.3 Å². The first-order valence-electron chi connectivity index (χ1n) is 8.88. The van der Waals surface area contributed by atoms with E-state index in [1.54, 1.807) is 20.8 Å². The van der Waals surface area contributed by atoms with Gasteiger partial charge in [0.05, 0.1) is 12.6 Å². The highest BCUT2D eigenvalue weighted by atomic mass is 19.1. The van der Waals surface area contributed by atoms with Crippen LogP contribution in [-0.2, 0) is 16.1 Å². The number of ether oxygens (including phenoxy) is 2. The van der Waals surface area contributed by atoms with Crippen molar-refractivity contribution in [1.29, 1.82) is 0 Å². The molecule has 0 saturated heterocycles. The van der Waals surface area contributed by atoms with Gasteiger partial charge in [-0.15, -0.1) is 0 Å². The number of nitrogens with one attached hydrogen (secondary N) is 2. The van der Waals surface area contributed by atoms with Gasteiger partial charge in [0.2, 0.25) is 0 Å². The third kappa shape index (κ3) is 11.1. The second kappa shape index (κ2) is 11.4. The number of hydrogen-bond acceptors (Lipinski definition) is 5. The van der Waals surface area contributed by atoms with Crippen molar-refractivity contribution in [3.8, 4) is 0 Å². The van der Waals surface area contributed by atoms with E-state index >= 15 is 0 Å². The van der Waals surface area contributed by atoms with Crippen LogP contribution in [0.5, 0.6) is 0 Å². The monoisotopic (exact) mass is 384 g/mol. The van der Waals surface area contributed by atoms with Gasteiger partial charge in [-0.2, -0.15) is 0 Å². The average molecular weight is 384 g/mol. The molecule has 1 rings (SSSR count). The third-order valence-electron chi connectivity index (χ3n) is 3.42. The number of hydrogen-bond donors (Lipinski definition) is 3. The molecule has 0 aromatic heterocycles. The van der Waals surface area contributed by atoms with Crippen LogP contribution < -0.4 is 10.6 Å². The van der Waals surface area contributed by atoms with E-state index < -0.39 is 36.6 Å². The smallest absolute Gasteiger partial charge is 0.407 e. The van der Waals surface area contributed by atoms with E-state index in [9.17, 15) is 19.1 Å². The van der Waals surface area contributed by atoms with E-state index in [0.717, 1.165) is 5.56 Å². The number of aliphatic hydroxyl groups excluding tert-OH is 1. The molecule has 0 spiro atoms. The Labute approximate surface area is 159 Å². The number of carbonyl (C=O) groups excluding carboxylic acids is 2. The van der Waals surface area contributed by atoms with Gasteiger partial charge in [0.15, 0.2) is 0 Å². The Morgan fingerprint density at radius 2 is 1.85 bits per heavy atom. The van der Waals surface area contributed by atoms with Crippen molar-refractivity contribution in [1.82, 2.24) is 10.6 Å². The van der Waals surface area contributed by atoms with Gasteiger partial charge in [-0.25, -0.2) is 14.0 Å². The van der Waals surface area contributed by atoms with Crippen LogP contribution >= 0.6 is 0 Å². The first-order chi connectivity index (χ1) is 12.7. The highest BCUT2D eigenvalue weighted by Gasteiger charge is 2.21. The maximum absolute atomic E-state index is 14.0. The van der Waals surface area contributed by atoms with Crippen molar-refractivity contribution < 1.29 is 28.6 Å². The van der Waals surface area contributed by atoms with Crippen molar-refractivity contribution in [2.75, 3.05) is 13.2 Å². The van der Waals surface area contributed by atoms with Crippen LogP contribution in [0.15, 0.2) is 30.3 Å². The molecule has 0 aliphatic heterocycles. The zero-order valence-corrected chi connectivity index (χ0v) is 16.0. The lowest BCUT2D eigenvalue weighted by Crippen LogP contribution is -2.42. The number of carbonyl (C=O) groups is 2. The van der Waals surface area contributed by atoms with Crippen LogP contribution in [0.3, 0.4) is 0 Å². The normalized spacial score (nSPS) is 13.4.